The molecule has 0 unspecified atom stereocenters. The number of aryl methyl sites for hydroxylation is 1. The lowest BCUT2D eigenvalue weighted by atomic mass is 10.1. The van der Waals surface area contributed by atoms with Gasteiger partial charge in [-0.3, -0.25) is 0 Å². The molecule has 2 heteroatoms. The van der Waals surface area contributed by atoms with Gasteiger partial charge in [0.1, 0.15) is 0 Å². The Morgan fingerprint density at radius 2 is 1.55 bits per heavy atom. The second-order valence-corrected chi connectivity index (χ2v) is 2.75. The number of benzene rings is 1. The van der Waals surface area contributed by atoms with Gasteiger partial charge in [0.15, 0.2) is 0 Å². The van der Waals surface area contributed by atoms with Gasteiger partial charge in [0.05, 0.1) is 0 Å². The highest BCUT2D eigenvalue weighted by atomic mass is 19.3. The van der Waals surface area contributed by atoms with E-state index in [0.29, 0.717) is 0 Å². The molecule has 0 atom stereocenters. The quantitative estimate of drug-likeness (QED) is 0.586. The van der Waals surface area contributed by atoms with Crippen molar-refractivity contribution in [2.75, 3.05) is 0 Å². The minimum absolute atomic E-state index is 0.0723. The van der Waals surface area contributed by atoms with Crippen molar-refractivity contribution in [1.82, 2.24) is 0 Å². The van der Waals surface area contributed by atoms with Crippen LogP contribution >= 0.6 is 0 Å². The van der Waals surface area contributed by atoms with Crippen molar-refractivity contribution in [3.63, 3.8) is 0 Å². The summed E-state index contributed by atoms with van der Waals surface area (Å²) in [5.74, 6) is -2.71. The van der Waals surface area contributed by atoms with Crippen LogP contribution in [0.5, 0.6) is 0 Å². The van der Waals surface area contributed by atoms with Crippen LogP contribution in [0.25, 0.3) is 0 Å². The zero-order valence-corrected chi connectivity index (χ0v) is 6.57. The van der Waals surface area contributed by atoms with E-state index in [1.54, 1.807) is 12.1 Å². The van der Waals surface area contributed by atoms with Gasteiger partial charge in [-0.2, -0.15) is 0 Å². The fourth-order valence-corrected chi connectivity index (χ4v) is 0.846. The molecule has 1 aromatic carbocycles. The first-order valence-electron chi connectivity index (χ1n) is 3.45. The summed E-state index contributed by atoms with van der Waals surface area (Å²) in [6.07, 6.45) is 0. The van der Waals surface area contributed by atoms with E-state index in [1.807, 2.05) is 6.92 Å². The van der Waals surface area contributed by atoms with E-state index in [9.17, 15) is 8.78 Å². The molecule has 1 aromatic rings. The number of halogens is 2. The van der Waals surface area contributed by atoms with Gasteiger partial charge in [0.2, 0.25) is 0 Å². The van der Waals surface area contributed by atoms with Crippen molar-refractivity contribution >= 4 is 0 Å². The molecule has 0 radical (unpaired) electrons. The van der Waals surface area contributed by atoms with Crippen LogP contribution in [0, 0.1) is 6.92 Å². The molecule has 0 aromatic heterocycles. The van der Waals surface area contributed by atoms with E-state index in [4.69, 9.17) is 0 Å². The first-order valence-corrected chi connectivity index (χ1v) is 3.45. The van der Waals surface area contributed by atoms with Crippen molar-refractivity contribution in [2.24, 2.45) is 0 Å². The summed E-state index contributed by atoms with van der Waals surface area (Å²) in [5, 5.41) is 0. The number of hydrogen-bond donors (Lipinski definition) is 0. The van der Waals surface area contributed by atoms with Crippen LogP contribution in [0.15, 0.2) is 24.3 Å². The predicted octanol–water partition coefficient (Wildman–Crippen LogP) is 3.11. The molecule has 0 aliphatic heterocycles. The van der Waals surface area contributed by atoms with Gasteiger partial charge in [0, 0.05) is 12.5 Å². The molecule has 0 saturated heterocycles. The van der Waals surface area contributed by atoms with Gasteiger partial charge in [-0.25, -0.2) is 8.78 Å². The molecular weight excluding hydrogens is 146 g/mol. The van der Waals surface area contributed by atoms with Crippen LogP contribution in [-0.2, 0) is 5.92 Å². The standard InChI is InChI=1S/C9H10F2/c1-7-3-5-8(6-4-7)9(2,10)11/h3-6H,1-2H3. The second-order valence-electron chi connectivity index (χ2n) is 2.75. The summed E-state index contributed by atoms with van der Waals surface area (Å²) in [7, 11) is 0. The van der Waals surface area contributed by atoms with Gasteiger partial charge in [-0.1, -0.05) is 29.8 Å². The molecule has 0 saturated carbocycles. The van der Waals surface area contributed by atoms with Gasteiger partial charge < -0.3 is 0 Å². The lowest BCUT2D eigenvalue weighted by Crippen LogP contribution is -2.06. The van der Waals surface area contributed by atoms with E-state index in [2.05, 4.69) is 0 Å². The van der Waals surface area contributed by atoms with Crippen LogP contribution in [0.2, 0.25) is 0 Å². The highest BCUT2D eigenvalue weighted by Crippen LogP contribution is 2.26. The minimum atomic E-state index is -2.71. The van der Waals surface area contributed by atoms with E-state index in [0.717, 1.165) is 12.5 Å². The largest absolute Gasteiger partial charge is 0.270 e. The zero-order chi connectivity index (χ0) is 8.48. The summed E-state index contributed by atoms with van der Waals surface area (Å²) in [6.45, 7) is 2.77. The molecule has 0 nitrogen and oxygen atoms in total. The Balaban J connectivity index is 2.99. The van der Waals surface area contributed by atoms with Crippen LogP contribution in [0.3, 0.4) is 0 Å². The van der Waals surface area contributed by atoms with Crippen molar-refractivity contribution in [3.05, 3.63) is 35.4 Å². The molecule has 0 fully saturated rings. The van der Waals surface area contributed by atoms with Crippen LogP contribution in [-0.4, -0.2) is 0 Å². The van der Waals surface area contributed by atoms with Crippen molar-refractivity contribution in [1.29, 1.82) is 0 Å². The average Bonchev–Trinajstić information content (AvgIpc) is 1.86. The molecule has 0 bridgehead atoms. The molecule has 0 heterocycles. The summed E-state index contributed by atoms with van der Waals surface area (Å²) >= 11 is 0. The minimum Gasteiger partial charge on any atom is -0.202 e. The van der Waals surface area contributed by atoms with Gasteiger partial charge in [-0.05, 0) is 6.92 Å². The monoisotopic (exact) mass is 156 g/mol. The molecule has 0 N–H and O–H groups in total. The Bertz CT molecular complexity index is 231. The molecule has 0 amide bonds. The topological polar surface area (TPSA) is 0 Å². The maximum atomic E-state index is 12.6. The van der Waals surface area contributed by atoms with Gasteiger partial charge in [-0.15, -0.1) is 0 Å². The third-order valence-corrected chi connectivity index (χ3v) is 1.56. The highest BCUT2D eigenvalue weighted by molar-refractivity contribution is 5.24. The Morgan fingerprint density at radius 3 is 1.91 bits per heavy atom. The van der Waals surface area contributed by atoms with E-state index < -0.39 is 5.92 Å². The lowest BCUT2D eigenvalue weighted by Gasteiger charge is -2.09. The molecule has 1 rings (SSSR count). The third-order valence-electron chi connectivity index (χ3n) is 1.56. The van der Waals surface area contributed by atoms with Crippen LogP contribution in [0.4, 0.5) is 8.78 Å². The molecule has 0 aliphatic rings. The first kappa shape index (κ1) is 8.18. The Morgan fingerprint density at radius 1 is 1.09 bits per heavy atom. The molecule has 60 valence electrons. The number of alkyl halides is 2. The van der Waals surface area contributed by atoms with E-state index in [-0.39, 0.29) is 5.56 Å². The average molecular weight is 156 g/mol. The first-order chi connectivity index (χ1) is 5.00. The lowest BCUT2D eigenvalue weighted by molar-refractivity contribution is 0.0175. The van der Waals surface area contributed by atoms with E-state index >= 15 is 0 Å². The molecule has 11 heavy (non-hydrogen) atoms. The highest BCUT2D eigenvalue weighted by Gasteiger charge is 2.23. The fourth-order valence-electron chi connectivity index (χ4n) is 0.846. The zero-order valence-electron chi connectivity index (χ0n) is 6.57. The Kier molecular flexibility index (Phi) is 1.94. The summed E-state index contributed by atoms with van der Waals surface area (Å²) in [4.78, 5) is 0. The third kappa shape index (κ3) is 2.00. The Hall–Kier alpha value is -0.920. The normalized spacial score (nSPS) is 11.6. The molecule has 0 spiro atoms. The smallest absolute Gasteiger partial charge is 0.202 e. The summed E-state index contributed by atoms with van der Waals surface area (Å²) in [5.41, 5.74) is 1.07. The van der Waals surface area contributed by atoms with Gasteiger partial charge in [0.25, 0.3) is 5.92 Å². The maximum Gasteiger partial charge on any atom is 0.270 e. The van der Waals surface area contributed by atoms with Crippen LogP contribution in [0.1, 0.15) is 18.1 Å². The Labute approximate surface area is 64.9 Å². The summed E-state index contributed by atoms with van der Waals surface area (Å²) in [6, 6.07) is 6.28. The maximum absolute atomic E-state index is 12.6. The predicted molar refractivity (Wildman–Crippen MR) is 40.7 cm³/mol. The number of rotatable bonds is 1. The molecule has 0 aliphatic carbocycles. The van der Waals surface area contributed by atoms with Gasteiger partial charge >= 0.3 is 0 Å². The molecular formula is C9H10F2. The SMILES string of the molecule is Cc1ccc(C(C)(F)F)cc1. The summed E-state index contributed by atoms with van der Waals surface area (Å²) < 4.78 is 25.2. The van der Waals surface area contributed by atoms with Crippen molar-refractivity contribution < 1.29 is 8.78 Å². The fraction of sp³-hybridized carbons (Fsp3) is 0.333. The second kappa shape index (κ2) is 2.61. The van der Waals surface area contributed by atoms with E-state index in [1.165, 1.54) is 12.1 Å². The number of hydrogen-bond acceptors (Lipinski definition) is 0. The van der Waals surface area contributed by atoms with Crippen molar-refractivity contribution in [3.8, 4) is 0 Å². The van der Waals surface area contributed by atoms with Crippen LogP contribution < -0.4 is 0 Å². The van der Waals surface area contributed by atoms with Crippen molar-refractivity contribution in [2.45, 2.75) is 19.8 Å².